The summed E-state index contributed by atoms with van der Waals surface area (Å²) >= 11 is 0. The Morgan fingerprint density at radius 2 is 1.96 bits per heavy atom. The van der Waals surface area contributed by atoms with Crippen molar-refractivity contribution in [2.75, 3.05) is 19.0 Å². The number of methoxy groups -OCH3 is 1. The first-order valence-corrected chi connectivity index (χ1v) is 7.86. The minimum Gasteiger partial charge on any atom is -0.497 e. The highest BCUT2D eigenvalue weighted by Crippen LogP contribution is 2.20. The van der Waals surface area contributed by atoms with E-state index < -0.39 is 0 Å². The second kappa shape index (κ2) is 7.08. The molecule has 0 aliphatic rings. The molecule has 2 aromatic carbocycles. The molecule has 0 aliphatic heterocycles. The number of pyridine rings is 1. The fraction of sp³-hybridized carbons (Fsp3) is 0.211. The number of nitrogens with one attached hydrogen (secondary N) is 2. The topological polar surface area (TPSA) is 63.4 Å². The third-order valence-corrected chi connectivity index (χ3v) is 3.76. The van der Waals surface area contributed by atoms with Gasteiger partial charge < -0.3 is 19.8 Å². The second-order valence-corrected chi connectivity index (χ2v) is 5.39. The fourth-order valence-electron chi connectivity index (χ4n) is 2.55. The van der Waals surface area contributed by atoms with E-state index in [4.69, 9.17) is 9.47 Å². The van der Waals surface area contributed by atoms with Crippen LogP contribution in [-0.4, -0.2) is 18.7 Å². The van der Waals surface area contributed by atoms with E-state index in [1.54, 1.807) is 7.11 Å². The van der Waals surface area contributed by atoms with Crippen molar-refractivity contribution >= 4 is 16.6 Å². The summed E-state index contributed by atoms with van der Waals surface area (Å²) in [5.74, 6) is 1.57. The molecule has 5 nitrogen and oxygen atoms in total. The highest BCUT2D eigenvalue weighted by atomic mass is 16.5. The van der Waals surface area contributed by atoms with Crippen molar-refractivity contribution in [3.05, 3.63) is 64.4 Å². The minimum absolute atomic E-state index is 0.0953. The molecule has 1 heterocycles. The van der Waals surface area contributed by atoms with E-state index in [-0.39, 0.29) is 5.56 Å². The zero-order chi connectivity index (χ0) is 16.9. The predicted octanol–water partition coefficient (Wildman–Crippen LogP) is 3.55. The minimum atomic E-state index is -0.0953. The Kier molecular flexibility index (Phi) is 4.70. The largest absolute Gasteiger partial charge is 0.497 e. The van der Waals surface area contributed by atoms with Gasteiger partial charge in [-0.15, -0.1) is 0 Å². The van der Waals surface area contributed by atoms with Gasteiger partial charge in [0.15, 0.2) is 0 Å². The van der Waals surface area contributed by atoms with Gasteiger partial charge >= 0.3 is 0 Å². The molecule has 3 aromatic rings. The maximum atomic E-state index is 12.2. The van der Waals surface area contributed by atoms with Crippen LogP contribution in [0.15, 0.2) is 53.3 Å². The van der Waals surface area contributed by atoms with Gasteiger partial charge in [-0.2, -0.15) is 0 Å². The smallest absolute Gasteiger partial charge is 0.253 e. The monoisotopic (exact) mass is 324 g/mol. The first-order chi connectivity index (χ1) is 11.7. The van der Waals surface area contributed by atoms with E-state index in [2.05, 4.69) is 10.3 Å². The van der Waals surface area contributed by atoms with E-state index in [0.717, 1.165) is 28.1 Å². The molecule has 0 saturated carbocycles. The van der Waals surface area contributed by atoms with Gasteiger partial charge in [0, 0.05) is 34.8 Å². The van der Waals surface area contributed by atoms with Crippen molar-refractivity contribution in [1.82, 2.24) is 4.98 Å². The molecule has 2 N–H and O–H groups in total. The molecule has 0 radical (unpaired) electrons. The molecule has 0 atom stereocenters. The van der Waals surface area contributed by atoms with Crippen LogP contribution in [0.1, 0.15) is 12.5 Å². The Bertz CT molecular complexity index is 902. The summed E-state index contributed by atoms with van der Waals surface area (Å²) in [6.45, 7) is 2.98. The predicted molar refractivity (Wildman–Crippen MR) is 96.1 cm³/mol. The molecule has 3 rings (SSSR count). The molecule has 0 unspecified atom stereocenters. The summed E-state index contributed by atoms with van der Waals surface area (Å²) in [6, 6.07) is 15.2. The zero-order valence-electron chi connectivity index (χ0n) is 13.8. The number of anilines is 1. The normalized spacial score (nSPS) is 10.6. The number of rotatable bonds is 6. The van der Waals surface area contributed by atoms with Crippen LogP contribution >= 0.6 is 0 Å². The van der Waals surface area contributed by atoms with Gasteiger partial charge in [-0.25, -0.2) is 0 Å². The molecular weight excluding hydrogens is 304 g/mol. The lowest BCUT2D eigenvalue weighted by atomic mass is 10.1. The van der Waals surface area contributed by atoms with Crippen LogP contribution in [0.25, 0.3) is 10.9 Å². The lowest BCUT2D eigenvalue weighted by Gasteiger charge is -2.09. The molecule has 0 spiro atoms. The second-order valence-electron chi connectivity index (χ2n) is 5.39. The van der Waals surface area contributed by atoms with E-state index in [1.165, 1.54) is 0 Å². The molecule has 5 heteroatoms. The number of hydrogen-bond acceptors (Lipinski definition) is 4. The number of ether oxygens (including phenoxy) is 2. The van der Waals surface area contributed by atoms with Crippen molar-refractivity contribution in [3.63, 3.8) is 0 Å². The number of H-pyrrole nitrogens is 1. The van der Waals surface area contributed by atoms with Gasteiger partial charge in [-0.1, -0.05) is 6.07 Å². The molecule has 0 fully saturated rings. The number of fused-ring (bicyclic) bond motifs is 1. The van der Waals surface area contributed by atoms with Crippen LogP contribution in [0.3, 0.4) is 0 Å². The highest BCUT2D eigenvalue weighted by molar-refractivity contribution is 5.80. The Morgan fingerprint density at radius 1 is 1.08 bits per heavy atom. The van der Waals surface area contributed by atoms with Gasteiger partial charge in [-0.3, -0.25) is 4.79 Å². The van der Waals surface area contributed by atoms with Crippen molar-refractivity contribution in [2.45, 2.75) is 13.5 Å². The average molecular weight is 324 g/mol. The van der Waals surface area contributed by atoms with Crippen molar-refractivity contribution in [2.24, 2.45) is 0 Å². The molecule has 0 amide bonds. The Labute approximate surface area is 140 Å². The molecule has 124 valence electrons. The van der Waals surface area contributed by atoms with Gasteiger partial charge in [0.2, 0.25) is 0 Å². The van der Waals surface area contributed by atoms with Gasteiger partial charge in [0.1, 0.15) is 11.5 Å². The number of hydrogen-bond donors (Lipinski definition) is 2. The third kappa shape index (κ3) is 3.51. The summed E-state index contributed by atoms with van der Waals surface area (Å²) in [5.41, 5.74) is 2.27. The molecule has 0 bridgehead atoms. The first-order valence-electron chi connectivity index (χ1n) is 7.86. The van der Waals surface area contributed by atoms with Gasteiger partial charge in [0.25, 0.3) is 5.56 Å². The van der Waals surface area contributed by atoms with Crippen molar-refractivity contribution in [3.8, 4) is 11.5 Å². The highest BCUT2D eigenvalue weighted by Gasteiger charge is 2.05. The van der Waals surface area contributed by atoms with Crippen LogP contribution in [0, 0.1) is 0 Å². The Morgan fingerprint density at radius 3 is 2.75 bits per heavy atom. The lowest BCUT2D eigenvalue weighted by molar-refractivity contribution is 0.340. The third-order valence-electron chi connectivity index (χ3n) is 3.76. The molecule has 0 aliphatic carbocycles. The summed E-state index contributed by atoms with van der Waals surface area (Å²) in [6.07, 6.45) is 0. The van der Waals surface area contributed by atoms with E-state index in [0.29, 0.717) is 18.7 Å². The maximum Gasteiger partial charge on any atom is 0.253 e. The van der Waals surface area contributed by atoms with E-state index >= 15 is 0 Å². The van der Waals surface area contributed by atoms with Crippen molar-refractivity contribution in [1.29, 1.82) is 0 Å². The Hall–Kier alpha value is -2.95. The summed E-state index contributed by atoms with van der Waals surface area (Å²) in [5, 5.41) is 4.20. The quantitative estimate of drug-likeness (QED) is 0.728. The van der Waals surface area contributed by atoms with E-state index in [1.807, 2.05) is 55.5 Å². The zero-order valence-corrected chi connectivity index (χ0v) is 13.8. The number of aromatic nitrogens is 1. The van der Waals surface area contributed by atoms with Gasteiger partial charge in [0.05, 0.1) is 13.7 Å². The SMILES string of the molecule is CCOc1ccc2[nH]c(=O)c(CNc3cccc(OC)c3)cc2c1. The molecular formula is C19H20N2O3. The summed E-state index contributed by atoms with van der Waals surface area (Å²) in [7, 11) is 1.63. The summed E-state index contributed by atoms with van der Waals surface area (Å²) in [4.78, 5) is 15.1. The number of benzene rings is 2. The maximum absolute atomic E-state index is 12.2. The molecule has 1 aromatic heterocycles. The standard InChI is InChI=1S/C19H20N2O3/c1-3-24-17-7-8-18-13(10-17)9-14(19(22)21-18)12-20-15-5-4-6-16(11-15)23-2/h4-11,20H,3,12H2,1-2H3,(H,21,22). The lowest BCUT2D eigenvalue weighted by Crippen LogP contribution is -2.15. The first kappa shape index (κ1) is 15.9. The van der Waals surface area contributed by atoms with Crippen LogP contribution in [0.2, 0.25) is 0 Å². The van der Waals surface area contributed by atoms with Crippen molar-refractivity contribution < 1.29 is 9.47 Å². The Balaban J connectivity index is 1.85. The average Bonchev–Trinajstić information content (AvgIpc) is 2.60. The molecule has 24 heavy (non-hydrogen) atoms. The number of aromatic amines is 1. The van der Waals surface area contributed by atoms with Gasteiger partial charge in [-0.05, 0) is 43.3 Å². The van der Waals surface area contributed by atoms with Crippen LogP contribution in [0.5, 0.6) is 11.5 Å². The van der Waals surface area contributed by atoms with Crippen LogP contribution in [-0.2, 0) is 6.54 Å². The van der Waals surface area contributed by atoms with Crippen LogP contribution in [0.4, 0.5) is 5.69 Å². The van der Waals surface area contributed by atoms with Crippen LogP contribution < -0.4 is 20.3 Å². The molecule has 0 saturated heterocycles. The summed E-state index contributed by atoms with van der Waals surface area (Å²) < 4.78 is 10.7. The van der Waals surface area contributed by atoms with E-state index in [9.17, 15) is 4.79 Å². The fourth-order valence-corrected chi connectivity index (χ4v) is 2.55.